The molecule has 11 nitrogen and oxygen atoms in total. The maximum atomic E-state index is 12.4. The zero-order valence-electron chi connectivity index (χ0n) is 14.2. The van der Waals surface area contributed by atoms with Crippen LogP contribution in [0.25, 0.3) is 10.4 Å². The Kier molecular flexibility index (Phi) is 5.17. The van der Waals surface area contributed by atoms with E-state index in [1.165, 1.54) is 0 Å². The zero-order valence-corrected chi connectivity index (χ0v) is 14.2. The van der Waals surface area contributed by atoms with Gasteiger partial charge >= 0.3 is 12.1 Å². The number of azide groups is 1. The Labute approximate surface area is 143 Å². The van der Waals surface area contributed by atoms with Crippen LogP contribution in [-0.4, -0.2) is 58.1 Å². The first-order chi connectivity index (χ1) is 11.6. The van der Waals surface area contributed by atoms with Crippen molar-refractivity contribution in [1.82, 2.24) is 9.96 Å². The van der Waals surface area contributed by atoms with Crippen LogP contribution in [0.4, 0.5) is 4.79 Å². The maximum absolute atomic E-state index is 12.4. The molecule has 11 heteroatoms. The van der Waals surface area contributed by atoms with E-state index in [1.54, 1.807) is 20.8 Å². The van der Waals surface area contributed by atoms with E-state index >= 15 is 0 Å². The second-order valence-electron chi connectivity index (χ2n) is 6.74. The molecule has 25 heavy (non-hydrogen) atoms. The zero-order chi connectivity index (χ0) is 18.8. The van der Waals surface area contributed by atoms with Gasteiger partial charge in [-0.05, 0) is 32.7 Å². The van der Waals surface area contributed by atoms with Gasteiger partial charge in [0.25, 0.3) is 11.8 Å². The first-order valence-electron chi connectivity index (χ1n) is 7.74. The number of amides is 3. The van der Waals surface area contributed by atoms with Crippen LogP contribution >= 0.6 is 0 Å². The summed E-state index contributed by atoms with van der Waals surface area (Å²) < 4.78 is 5.24. The summed E-state index contributed by atoms with van der Waals surface area (Å²) >= 11 is 0. The average Bonchev–Trinajstić information content (AvgIpc) is 3.04. The third-order valence-electron chi connectivity index (χ3n) is 3.58. The van der Waals surface area contributed by atoms with Crippen LogP contribution in [0.5, 0.6) is 0 Å². The lowest BCUT2D eigenvalue weighted by Gasteiger charge is -2.28. The van der Waals surface area contributed by atoms with Crippen molar-refractivity contribution in [1.29, 1.82) is 0 Å². The fourth-order valence-electron chi connectivity index (χ4n) is 2.52. The number of carbonyl (C=O) groups excluding carboxylic acids is 4. The van der Waals surface area contributed by atoms with E-state index in [4.69, 9.17) is 15.1 Å². The fourth-order valence-corrected chi connectivity index (χ4v) is 2.52. The van der Waals surface area contributed by atoms with E-state index in [2.05, 4.69) is 10.0 Å². The van der Waals surface area contributed by atoms with Gasteiger partial charge in [0.05, 0.1) is 6.04 Å². The molecule has 2 unspecified atom stereocenters. The summed E-state index contributed by atoms with van der Waals surface area (Å²) in [4.78, 5) is 56.4. The smallest absolute Gasteiger partial charge is 0.411 e. The Balaban J connectivity index is 2.14. The Morgan fingerprint density at radius 3 is 2.36 bits per heavy atom. The molecule has 2 saturated heterocycles. The molecule has 0 aromatic rings. The van der Waals surface area contributed by atoms with Gasteiger partial charge in [-0.3, -0.25) is 14.5 Å². The summed E-state index contributed by atoms with van der Waals surface area (Å²) in [5.74, 6) is -2.19. The molecule has 136 valence electrons. The predicted molar refractivity (Wildman–Crippen MR) is 81.5 cm³/mol. The van der Waals surface area contributed by atoms with Gasteiger partial charge in [0.1, 0.15) is 11.6 Å². The number of likely N-dealkylation sites (tertiary alicyclic amines) is 1. The van der Waals surface area contributed by atoms with Crippen LogP contribution in [0.15, 0.2) is 5.11 Å². The molecule has 0 spiro atoms. The van der Waals surface area contributed by atoms with E-state index in [-0.39, 0.29) is 25.8 Å². The van der Waals surface area contributed by atoms with Gasteiger partial charge in [-0.1, -0.05) is 5.11 Å². The SMILES string of the molecule is CC(C)(C)OC(=O)N1CC(N=[N+]=[N-])CC1C(=O)ON1C(=O)CCC1=O. The van der Waals surface area contributed by atoms with Crippen molar-refractivity contribution in [3.63, 3.8) is 0 Å². The Morgan fingerprint density at radius 2 is 1.84 bits per heavy atom. The molecular weight excluding hydrogens is 334 g/mol. The quantitative estimate of drug-likeness (QED) is 0.324. The number of ether oxygens (including phenoxy) is 1. The van der Waals surface area contributed by atoms with Crippen LogP contribution in [0.1, 0.15) is 40.0 Å². The largest absolute Gasteiger partial charge is 0.444 e. The molecule has 2 heterocycles. The molecule has 3 amide bonds. The van der Waals surface area contributed by atoms with E-state index in [9.17, 15) is 19.2 Å². The minimum atomic E-state index is -1.12. The van der Waals surface area contributed by atoms with Gasteiger partial charge in [-0.25, -0.2) is 9.59 Å². The average molecular weight is 353 g/mol. The number of hydrogen-bond donors (Lipinski definition) is 0. The number of rotatable bonds is 3. The van der Waals surface area contributed by atoms with E-state index in [0.717, 1.165) is 4.90 Å². The summed E-state index contributed by atoms with van der Waals surface area (Å²) in [6, 6.07) is -1.76. The number of carbonyl (C=O) groups is 4. The topological polar surface area (TPSA) is 142 Å². The first-order valence-corrected chi connectivity index (χ1v) is 7.74. The van der Waals surface area contributed by atoms with Gasteiger partial charge in [0, 0.05) is 24.3 Å². The van der Waals surface area contributed by atoms with Crippen LogP contribution in [0.3, 0.4) is 0 Å². The maximum Gasteiger partial charge on any atom is 0.411 e. The van der Waals surface area contributed by atoms with Crippen molar-refractivity contribution in [2.24, 2.45) is 5.11 Å². The third kappa shape index (κ3) is 4.38. The Hall–Kier alpha value is -2.81. The summed E-state index contributed by atoms with van der Waals surface area (Å²) in [7, 11) is 0. The molecular formula is C14H19N5O6. The molecule has 2 fully saturated rings. The van der Waals surface area contributed by atoms with Crippen LogP contribution < -0.4 is 0 Å². The molecule has 0 N–H and O–H groups in total. The standard InChI is InChI=1S/C14H19N5O6/c1-14(2,3)24-13(23)18-7-8(16-17-15)6-9(18)12(22)25-19-10(20)4-5-11(19)21/h8-9H,4-7H2,1-3H3. The van der Waals surface area contributed by atoms with Gasteiger partial charge < -0.3 is 9.57 Å². The second-order valence-corrected chi connectivity index (χ2v) is 6.74. The number of hydrogen-bond acceptors (Lipinski definition) is 7. The highest BCUT2D eigenvalue weighted by Crippen LogP contribution is 2.25. The van der Waals surface area contributed by atoms with Crippen molar-refractivity contribution in [3.05, 3.63) is 10.4 Å². The predicted octanol–water partition coefficient (Wildman–Crippen LogP) is 1.28. The van der Waals surface area contributed by atoms with Gasteiger partial charge in [-0.2, -0.15) is 0 Å². The van der Waals surface area contributed by atoms with Crippen LogP contribution in [0.2, 0.25) is 0 Å². The number of hydroxylamine groups is 2. The van der Waals surface area contributed by atoms with Crippen LogP contribution in [-0.2, 0) is 24.0 Å². The van der Waals surface area contributed by atoms with Crippen LogP contribution in [0, 0.1) is 0 Å². The highest BCUT2D eigenvalue weighted by atomic mass is 16.7. The van der Waals surface area contributed by atoms with Crippen molar-refractivity contribution in [2.75, 3.05) is 6.54 Å². The molecule has 0 bridgehead atoms. The van der Waals surface area contributed by atoms with Crippen molar-refractivity contribution in [3.8, 4) is 0 Å². The molecule has 2 rings (SSSR count). The molecule has 0 saturated carbocycles. The molecule has 0 radical (unpaired) electrons. The molecule has 0 aromatic carbocycles. The minimum absolute atomic E-state index is 0.0123. The van der Waals surface area contributed by atoms with Crippen molar-refractivity contribution < 1.29 is 28.8 Å². The molecule has 0 aliphatic carbocycles. The van der Waals surface area contributed by atoms with E-state index < -0.39 is 41.6 Å². The first kappa shape index (κ1) is 18.5. The Morgan fingerprint density at radius 1 is 1.24 bits per heavy atom. The monoisotopic (exact) mass is 353 g/mol. The molecule has 0 aromatic heterocycles. The van der Waals surface area contributed by atoms with E-state index in [0.29, 0.717) is 5.06 Å². The lowest BCUT2D eigenvalue weighted by Crippen LogP contribution is -2.46. The highest BCUT2D eigenvalue weighted by Gasteiger charge is 2.44. The second kappa shape index (κ2) is 6.98. The molecule has 2 aliphatic rings. The number of nitrogens with zero attached hydrogens (tertiary/aromatic N) is 5. The highest BCUT2D eigenvalue weighted by molar-refractivity contribution is 6.01. The number of imide groups is 1. The summed E-state index contributed by atoms with van der Waals surface area (Å²) in [6.45, 7) is 4.98. The molecule has 2 aliphatic heterocycles. The summed E-state index contributed by atoms with van der Waals surface area (Å²) in [5.41, 5.74) is 7.78. The lowest BCUT2D eigenvalue weighted by molar-refractivity contribution is -0.200. The van der Waals surface area contributed by atoms with Crippen molar-refractivity contribution in [2.45, 2.75) is 57.7 Å². The summed E-state index contributed by atoms with van der Waals surface area (Å²) in [5, 5.41) is 3.94. The lowest BCUT2D eigenvalue weighted by atomic mass is 10.2. The minimum Gasteiger partial charge on any atom is -0.444 e. The summed E-state index contributed by atoms with van der Waals surface area (Å²) in [6.07, 6.45) is -0.829. The van der Waals surface area contributed by atoms with E-state index in [1.807, 2.05) is 0 Å². The van der Waals surface area contributed by atoms with Gasteiger partial charge in [-0.15, -0.1) is 5.06 Å². The van der Waals surface area contributed by atoms with Gasteiger partial charge in [0.2, 0.25) is 0 Å². The third-order valence-corrected chi connectivity index (χ3v) is 3.58. The molecule has 2 atom stereocenters. The van der Waals surface area contributed by atoms with Crippen molar-refractivity contribution >= 4 is 23.9 Å². The normalized spacial score (nSPS) is 23.5. The fraction of sp³-hybridized carbons (Fsp3) is 0.714. The van der Waals surface area contributed by atoms with Gasteiger partial charge in [0.15, 0.2) is 0 Å². The Bertz CT molecular complexity index is 635.